The molecule has 1 aromatic rings. The van der Waals surface area contributed by atoms with Gasteiger partial charge >= 0.3 is 0 Å². The molecule has 0 saturated carbocycles. The summed E-state index contributed by atoms with van der Waals surface area (Å²) in [5, 5.41) is 3.38. The molecule has 2 rings (SSSR count). The summed E-state index contributed by atoms with van der Waals surface area (Å²) in [4.78, 5) is 14.4. The molecular formula is C16H24N2O. The average molecular weight is 260 g/mol. The SMILES string of the molecule is CC(C)CCN(C)C(=O)c1cccc2c1CCCN2. The van der Waals surface area contributed by atoms with Gasteiger partial charge in [0.25, 0.3) is 5.91 Å². The molecule has 1 N–H and O–H groups in total. The first kappa shape index (κ1) is 13.9. The highest BCUT2D eigenvalue weighted by Gasteiger charge is 2.19. The van der Waals surface area contributed by atoms with E-state index in [9.17, 15) is 4.79 Å². The Morgan fingerprint density at radius 2 is 2.21 bits per heavy atom. The van der Waals surface area contributed by atoms with Crippen molar-refractivity contribution in [2.45, 2.75) is 33.1 Å². The molecule has 0 atom stereocenters. The maximum atomic E-state index is 12.5. The molecule has 0 aromatic heterocycles. The Morgan fingerprint density at radius 1 is 1.42 bits per heavy atom. The van der Waals surface area contributed by atoms with E-state index in [4.69, 9.17) is 0 Å². The Morgan fingerprint density at radius 3 is 2.95 bits per heavy atom. The molecule has 0 fully saturated rings. The molecule has 1 aliphatic heterocycles. The van der Waals surface area contributed by atoms with Gasteiger partial charge in [0.15, 0.2) is 0 Å². The van der Waals surface area contributed by atoms with Crippen LogP contribution in [-0.4, -0.2) is 30.9 Å². The maximum Gasteiger partial charge on any atom is 0.253 e. The number of rotatable bonds is 4. The summed E-state index contributed by atoms with van der Waals surface area (Å²) in [5.41, 5.74) is 3.19. The highest BCUT2D eigenvalue weighted by Crippen LogP contribution is 2.26. The number of benzene rings is 1. The Hall–Kier alpha value is -1.51. The predicted octanol–water partition coefficient (Wildman–Crippen LogP) is 3.16. The number of nitrogens with zero attached hydrogens (tertiary/aromatic N) is 1. The zero-order valence-corrected chi connectivity index (χ0v) is 12.2. The summed E-state index contributed by atoms with van der Waals surface area (Å²) in [6.07, 6.45) is 3.16. The molecule has 0 saturated heterocycles. The molecule has 3 heteroatoms. The minimum Gasteiger partial charge on any atom is -0.385 e. The fourth-order valence-electron chi connectivity index (χ4n) is 2.47. The Bertz CT molecular complexity index is 454. The lowest BCUT2D eigenvalue weighted by molar-refractivity contribution is 0.0788. The van der Waals surface area contributed by atoms with Gasteiger partial charge < -0.3 is 10.2 Å². The van der Waals surface area contributed by atoms with Crippen LogP contribution in [0.1, 0.15) is 42.6 Å². The zero-order chi connectivity index (χ0) is 13.8. The van der Waals surface area contributed by atoms with Gasteiger partial charge in [-0.15, -0.1) is 0 Å². The number of hydrogen-bond acceptors (Lipinski definition) is 2. The minimum absolute atomic E-state index is 0.154. The fourth-order valence-corrected chi connectivity index (χ4v) is 2.47. The van der Waals surface area contributed by atoms with Gasteiger partial charge in [-0.1, -0.05) is 19.9 Å². The van der Waals surface area contributed by atoms with E-state index in [-0.39, 0.29) is 5.91 Å². The third-order valence-electron chi connectivity index (χ3n) is 3.71. The van der Waals surface area contributed by atoms with Crippen LogP contribution in [0.3, 0.4) is 0 Å². The summed E-state index contributed by atoms with van der Waals surface area (Å²) < 4.78 is 0. The van der Waals surface area contributed by atoms with Gasteiger partial charge in [-0.2, -0.15) is 0 Å². The summed E-state index contributed by atoms with van der Waals surface area (Å²) in [7, 11) is 1.90. The summed E-state index contributed by atoms with van der Waals surface area (Å²) in [5.74, 6) is 0.780. The maximum absolute atomic E-state index is 12.5. The molecule has 0 bridgehead atoms. The first-order valence-corrected chi connectivity index (χ1v) is 7.21. The number of fused-ring (bicyclic) bond motifs is 1. The second kappa shape index (κ2) is 6.09. The monoisotopic (exact) mass is 260 g/mol. The van der Waals surface area contributed by atoms with Crippen molar-refractivity contribution in [1.82, 2.24) is 4.90 Å². The molecule has 1 amide bonds. The predicted molar refractivity (Wildman–Crippen MR) is 79.7 cm³/mol. The third-order valence-corrected chi connectivity index (χ3v) is 3.71. The van der Waals surface area contributed by atoms with Crippen molar-refractivity contribution in [1.29, 1.82) is 0 Å². The topological polar surface area (TPSA) is 32.3 Å². The third kappa shape index (κ3) is 3.28. The number of amides is 1. The minimum atomic E-state index is 0.154. The molecule has 104 valence electrons. The standard InChI is InChI=1S/C16H24N2O/c1-12(2)9-11-18(3)16(19)14-6-4-8-15-13(14)7-5-10-17-15/h4,6,8,12,17H,5,7,9-11H2,1-3H3. The van der Waals surface area contributed by atoms with Gasteiger partial charge in [-0.25, -0.2) is 0 Å². The molecule has 1 aliphatic rings. The van der Waals surface area contributed by atoms with Crippen molar-refractivity contribution >= 4 is 11.6 Å². The van der Waals surface area contributed by atoms with Crippen LogP contribution in [0, 0.1) is 5.92 Å². The quantitative estimate of drug-likeness (QED) is 0.902. The zero-order valence-electron chi connectivity index (χ0n) is 12.2. The Balaban J connectivity index is 2.15. The van der Waals surface area contributed by atoms with Crippen LogP contribution in [0.25, 0.3) is 0 Å². The van der Waals surface area contributed by atoms with Gasteiger partial charge in [-0.05, 0) is 42.9 Å². The van der Waals surface area contributed by atoms with E-state index in [0.717, 1.165) is 43.6 Å². The van der Waals surface area contributed by atoms with Crippen LogP contribution in [0.15, 0.2) is 18.2 Å². The van der Waals surface area contributed by atoms with Crippen LogP contribution in [-0.2, 0) is 6.42 Å². The van der Waals surface area contributed by atoms with Gasteiger partial charge in [0.2, 0.25) is 0 Å². The van der Waals surface area contributed by atoms with E-state index in [1.54, 1.807) is 0 Å². The van der Waals surface area contributed by atoms with E-state index in [2.05, 4.69) is 25.2 Å². The average Bonchev–Trinajstić information content (AvgIpc) is 2.43. The van der Waals surface area contributed by atoms with E-state index in [0.29, 0.717) is 5.92 Å². The Labute approximate surface area is 116 Å². The van der Waals surface area contributed by atoms with E-state index in [1.807, 2.05) is 24.1 Å². The van der Waals surface area contributed by atoms with Crippen LogP contribution >= 0.6 is 0 Å². The van der Waals surface area contributed by atoms with Crippen LogP contribution in [0.5, 0.6) is 0 Å². The fraction of sp³-hybridized carbons (Fsp3) is 0.562. The van der Waals surface area contributed by atoms with E-state index >= 15 is 0 Å². The largest absolute Gasteiger partial charge is 0.385 e. The molecule has 19 heavy (non-hydrogen) atoms. The molecular weight excluding hydrogens is 236 g/mol. The summed E-state index contributed by atoms with van der Waals surface area (Å²) >= 11 is 0. The number of hydrogen-bond donors (Lipinski definition) is 1. The van der Waals surface area contributed by atoms with Crippen molar-refractivity contribution in [3.63, 3.8) is 0 Å². The lowest BCUT2D eigenvalue weighted by Gasteiger charge is -2.24. The summed E-state index contributed by atoms with van der Waals surface area (Å²) in [6, 6.07) is 6.00. The van der Waals surface area contributed by atoms with Crippen molar-refractivity contribution in [2.75, 3.05) is 25.5 Å². The van der Waals surface area contributed by atoms with Gasteiger partial charge in [0.1, 0.15) is 0 Å². The van der Waals surface area contributed by atoms with E-state index in [1.165, 1.54) is 5.56 Å². The van der Waals surface area contributed by atoms with Crippen molar-refractivity contribution in [3.05, 3.63) is 29.3 Å². The van der Waals surface area contributed by atoms with Crippen LogP contribution in [0.4, 0.5) is 5.69 Å². The number of carbonyl (C=O) groups excluding carboxylic acids is 1. The first-order valence-electron chi connectivity index (χ1n) is 7.21. The first-order chi connectivity index (χ1) is 9.09. The molecule has 1 heterocycles. The van der Waals surface area contributed by atoms with Crippen molar-refractivity contribution in [2.24, 2.45) is 5.92 Å². The smallest absolute Gasteiger partial charge is 0.253 e. The Kier molecular flexibility index (Phi) is 4.46. The lowest BCUT2D eigenvalue weighted by atomic mass is 9.97. The van der Waals surface area contributed by atoms with E-state index < -0.39 is 0 Å². The second-order valence-electron chi connectivity index (χ2n) is 5.77. The molecule has 1 aromatic carbocycles. The van der Waals surface area contributed by atoms with Crippen LogP contribution < -0.4 is 5.32 Å². The number of nitrogens with one attached hydrogen (secondary N) is 1. The van der Waals surface area contributed by atoms with Gasteiger partial charge in [0.05, 0.1) is 0 Å². The molecule has 0 aliphatic carbocycles. The number of anilines is 1. The highest BCUT2D eigenvalue weighted by molar-refractivity contribution is 5.97. The summed E-state index contributed by atoms with van der Waals surface area (Å²) in [6.45, 7) is 6.21. The number of carbonyl (C=O) groups is 1. The molecule has 0 spiro atoms. The lowest BCUT2D eigenvalue weighted by Crippen LogP contribution is -2.30. The molecule has 0 radical (unpaired) electrons. The van der Waals surface area contributed by atoms with Gasteiger partial charge in [-0.3, -0.25) is 4.79 Å². The molecule has 3 nitrogen and oxygen atoms in total. The van der Waals surface area contributed by atoms with Gasteiger partial charge in [0, 0.05) is 31.4 Å². The normalized spacial score (nSPS) is 13.9. The van der Waals surface area contributed by atoms with Crippen molar-refractivity contribution in [3.8, 4) is 0 Å². The van der Waals surface area contributed by atoms with Crippen LogP contribution in [0.2, 0.25) is 0 Å². The van der Waals surface area contributed by atoms with Crippen molar-refractivity contribution < 1.29 is 4.79 Å². The highest BCUT2D eigenvalue weighted by atomic mass is 16.2. The second-order valence-corrected chi connectivity index (χ2v) is 5.77. The molecule has 0 unspecified atom stereocenters.